The molecule has 0 spiro atoms. The number of carbonyl (C=O) groups excluding carboxylic acids is 1. The van der Waals surface area contributed by atoms with Crippen molar-refractivity contribution in [3.8, 4) is 11.5 Å². The number of unbranched alkanes of at least 4 members (excludes halogenated alkanes) is 7. The summed E-state index contributed by atoms with van der Waals surface area (Å²) in [6, 6.07) is 4.99. The molecule has 0 radical (unpaired) electrons. The summed E-state index contributed by atoms with van der Waals surface area (Å²) in [7, 11) is 1.49. The summed E-state index contributed by atoms with van der Waals surface area (Å²) < 4.78 is 5.06. The maximum absolute atomic E-state index is 11.8. The van der Waals surface area contributed by atoms with Gasteiger partial charge in [-0.3, -0.25) is 4.79 Å². The Balaban J connectivity index is 2.13. The van der Waals surface area contributed by atoms with E-state index in [1.54, 1.807) is 24.3 Å². The number of phenols is 1. The van der Waals surface area contributed by atoms with Crippen molar-refractivity contribution in [3.05, 3.63) is 84.5 Å². The molecule has 0 aliphatic rings. The lowest BCUT2D eigenvalue weighted by molar-refractivity contribution is -0.116. The number of amides is 1. The molecule has 0 saturated carbocycles. The summed E-state index contributed by atoms with van der Waals surface area (Å²) in [5.74, 6) is 0.284. The standard InChI is InChI=1S/C28H39NO3/c1-3-4-5-6-7-8-9-10-11-12-13-14-15-16-17-18-19-20-28(31)29-24-25-21-22-26(30)27(23-25)32-2/h11-23,30H,3-10,24H2,1-2H3,(H,29,31). The number of ether oxygens (including phenoxy) is 1. The minimum atomic E-state index is -0.184. The van der Waals surface area contributed by atoms with Gasteiger partial charge in [-0.25, -0.2) is 0 Å². The lowest BCUT2D eigenvalue weighted by atomic mass is 10.1. The molecule has 4 heteroatoms. The highest BCUT2D eigenvalue weighted by atomic mass is 16.5. The molecule has 0 unspecified atom stereocenters. The van der Waals surface area contributed by atoms with Crippen molar-refractivity contribution in [2.75, 3.05) is 7.11 Å². The van der Waals surface area contributed by atoms with Gasteiger partial charge >= 0.3 is 0 Å². The molecule has 1 rings (SSSR count). The summed E-state index contributed by atoms with van der Waals surface area (Å²) in [5.41, 5.74) is 0.850. The number of nitrogens with one attached hydrogen (secondary N) is 1. The number of carbonyl (C=O) groups is 1. The molecule has 1 amide bonds. The Bertz CT molecular complexity index is 788. The van der Waals surface area contributed by atoms with Crippen LogP contribution in [-0.2, 0) is 11.3 Å². The first-order valence-corrected chi connectivity index (χ1v) is 11.6. The molecule has 174 valence electrons. The average molecular weight is 438 g/mol. The van der Waals surface area contributed by atoms with Crippen molar-refractivity contribution >= 4 is 5.91 Å². The second kappa shape index (κ2) is 18.7. The van der Waals surface area contributed by atoms with Crippen LogP contribution in [0.1, 0.15) is 63.9 Å². The van der Waals surface area contributed by atoms with Crippen LogP contribution in [0.15, 0.2) is 79.0 Å². The third kappa shape index (κ3) is 14.1. The molecule has 0 aromatic heterocycles. The van der Waals surface area contributed by atoms with Crippen molar-refractivity contribution in [2.24, 2.45) is 0 Å². The topological polar surface area (TPSA) is 58.6 Å². The maximum atomic E-state index is 11.8. The lowest BCUT2D eigenvalue weighted by Crippen LogP contribution is -2.20. The van der Waals surface area contributed by atoms with Crippen LogP contribution in [0.25, 0.3) is 0 Å². The van der Waals surface area contributed by atoms with Gasteiger partial charge in [-0.15, -0.1) is 0 Å². The first-order chi connectivity index (χ1) is 15.7. The van der Waals surface area contributed by atoms with E-state index in [4.69, 9.17) is 4.74 Å². The molecule has 4 nitrogen and oxygen atoms in total. The van der Waals surface area contributed by atoms with E-state index in [0.717, 1.165) is 12.0 Å². The molecule has 0 aliphatic heterocycles. The Morgan fingerprint density at radius 1 is 0.906 bits per heavy atom. The number of phenolic OH excluding ortho intramolecular Hbond substituents is 1. The molecular formula is C28H39NO3. The maximum Gasteiger partial charge on any atom is 0.244 e. The Hall–Kier alpha value is -3.01. The lowest BCUT2D eigenvalue weighted by Gasteiger charge is -2.07. The van der Waals surface area contributed by atoms with Crippen LogP contribution in [0, 0.1) is 0 Å². The van der Waals surface area contributed by atoms with E-state index in [-0.39, 0.29) is 11.7 Å². The first-order valence-electron chi connectivity index (χ1n) is 11.6. The molecule has 0 bridgehead atoms. The average Bonchev–Trinajstić information content (AvgIpc) is 2.80. The predicted octanol–water partition coefficient (Wildman–Crippen LogP) is 6.94. The Labute approximate surface area is 194 Å². The number of hydrogen-bond donors (Lipinski definition) is 2. The molecule has 1 aromatic rings. The molecular weight excluding hydrogens is 398 g/mol. The van der Waals surface area contributed by atoms with Gasteiger partial charge < -0.3 is 15.2 Å². The van der Waals surface area contributed by atoms with Crippen LogP contribution >= 0.6 is 0 Å². The van der Waals surface area contributed by atoms with Crippen LogP contribution in [0.3, 0.4) is 0 Å². The van der Waals surface area contributed by atoms with Crippen molar-refractivity contribution < 1.29 is 14.6 Å². The minimum absolute atomic E-state index is 0.0787. The van der Waals surface area contributed by atoms with E-state index in [0.29, 0.717) is 12.3 Å². The number of allylic oxidation sites excluding steroid dienone is 9. The Morgan fingerprint density at radius 2 is 1.53 bits per heavy atom. The molecule has 0 aliphatic carbocycles. The van der Waals surface area contributed by atoms with Crippen molar-refractivity contribution in [1.29, 1.82) is 0 Å². The zero-order valence-corrected chi connectivity index (χ0v) is 19.6. The van der Waals surface area contributed by atoms with E-state index in [9.17, 15) is 9.90 Å². The number of rotatable bonds is 16. The van der Waals surface area contributed by atoms with E-state index in [2.05, 4.69) is 24.4 Å². The summed E-state index contributed by atoms with van der Waals surface area (Å²) in [4.78, 5) is 11.8. The molecule has 0 saturated heterocycles. The fourth-order valence-electron chi connectivity index (χ4n) is 3.00. The van der Waals surface area contributed by atoms with E-state index < -0.39 is 0 Å². The van der Waals surface area contributed by atoms with Gasteiger partial charge in [0, 0.05) is 12.6 Å². The largest absolute Gasteiger partial charge is 0.504 e. The van der Waals surface area contributed by atoms with E-state index in [1.807, 2.05) is 36.5 Å². The van der Waals surface area contributed by atoms with Crippen LogP contribution in [0.4, 0.5) is 0 Å². The third-order valence-corrected chi connectivity index (χ3v) is 4.85. The van der Waals surface area contributed by atoms with Gasteiger partial charge in [0.1, 0.15) is 0 Å². The normalized spacial score (nSPS) is 12.2. The molecule has 0 heterocycles. The van der Waals surface area contributed by atoms with Gasteiger partial charge in [-0.05, 0) is 30.5 Å². The molecule has 0 atom stereocenters. The van der Waals surface area contributed by atoms with Crippen LogP contribution in [0.5, 0.6) is 11.5 Å². The van der Waals surface area contributed by atoms with E-state index >= 15 is 0 Å². The fraction of sp³-hybridized carbons (Fsp3) is 0.393. The van der Waals surface area contributed by atoms with Gasteiger partial charge in [-0.1, -0.05) is 106 Å². The van der Waals surface area contributed by atoms with Gasteiger partial charge in [-0.2, -0.15) is 0 Å². The summed E-state index contributed by atoms with van der Waals surface area (Å²) in [6.45, 7) is 2.62. The number of aromatic hydroxyl groups is 1. The predicted molar refractivity (Wildman–Crippen MR) is 135 cm³/mol. The SMILES string of the molecule is CCCCCCCCCC=CC=CC=CC=CC=CC(=O)NCc1ccc(O)c(OC)c1. The molecule has 2 N–H and O–H groups in total. The third-order valence-electron chi connectivity index (χ3n) is 4.85. The van der Waals surface area contributed by atoms with Gasteiger partial charge in [0.05, 0.1) is 7.11 Å². The number of benzene rings is 1. The summed E-state index contributed by atoms with van der Waals surface area (Å²) >= 11 is 0. The summed E-state index contributed by atoms with van der Waals surface area (Å²) in [6.07, 6.45) is 29.7. The van der Waals surface area contributed by atoms with Crippen LogP contribution in [-0.4, -0.2) is 18.1 Å². The van der Waals surface area contributed by atoms with Crippen molar-refractivity contribution in [1.82, 2.24) is 5.32 Å². The van der Waals surface area contributed by atoms with Gasteiger partial charge in [0.25, 0.3) is 0 Å². The number of methoxy groups -OCH3 is 1. The highest BCUT2D eigenvalue weighted by Gasteiger charge is 2.03. The van der Waals surface area contributed by atoms with Gasteiger partial charge in [0.15, 0.2) is 11.5 Å². The van der Waals surface area contributed by atoms with Crippen molar-refractivity contribution in [3.63, 3.8) is 0 Å². The van der Waals surface area contributed by atoms with Crippen LogP contribution in [0.2, 0.25) is 0 Å². The monoisotopic (exact) mass is 437 g/mol. The second-order valence-corrected chi connectivity index (χ2v) is 7.58. The highest BCUT2D eigenvalue weighted by molar-refractivity contribution is 5.87. The van der Waals surface area contributed by atoms with E-state index in [1.165, 1.54) is 58.1 Å². The minimum Gasteiger partial charge on any atom is -0.504 e. The molecule has 32 heavy (non-hydrogen) atoms. The zero-order chi connectivity index (χ0) is 23.3. The highest BCUT2D eigenvalue weighted by Crippen LogP contribution is 2.26. The Morgan fingerprint density at radius 3 is 2.22 bits per heavy atom. The van der Waals surface area contributed by atoms with Crippen molar-refractivity contribution in [2.45, 2.75) is 64.8 Å². The summed E-state index contributed by atoms with van der Waals surface area (Å²) in [5, 5.41) is 12.4. The molecule has 0 fully saturated rings. The quantitative estimate of drug-likeness (QED) is 0.167. The smallest absolute Gasteiger partial charge is 0.244 e. The Kier molecular flexibility index (Phi) is 15.8. The van der Waals surface area contributed by atoms with Crippen LogP contribution < -0.4 is 10.1 Å². The second-order valence-electron chi connectivity index (χ2n) is 7.58. The first kappa shape index (κ1) is 27.0. The number of hydrogen-bond acceptors (Lipinski definition) is 3. The van der Waals surface area contributed by atoms with Gasteiger partial charge in [0.2, 0.25) is 5.91 Å². The zero-order valence-electron chi connectivity index (χ0n) is 19.6. The molecule has 1 aromatic carbocycles. The fourth-order valence-corrected chi connectivity index (χ4v) is 3.00.